The fourth-order valence-electron chi connectivity index (χ4n) is 2.94. The molecule has 0 aliphatic heterocycles. The molecule has 0 unspecified atom stereocenters. The summed E-state index contributed by atoms with van der Waals surface area (Å²) in [7, 11) is 0. The maximum atomic E-state index is 13.8. The van der Waals surface area contributed by atoms with Gasteiger partial charge in [-0.25, -0.2) is 18.7 Å². The van der Waals surface area contributed by atoms with Crippen molar-refractivity contribution >= 4 is 40.8 Å². The van der Waals surface area contributed by atoms with Gasteiger partial charge in [-0.3, -0.25) is 9.89 Å². The molecule has 4 aromatic rings. The summed E-state index contributed by atoms with van der Waals surface area (Å²) >= 11 is 7.40. The molecular weight excluding hydrogens is 456 g/mol. The van der Waals surface area contributed by atoms with Crippen LogP contribution in [0.2, 0.25) is 5.15 Å². The number of benzene rings is 2. The number of aromatic amines is 1. The summed E-state index contributed by atoms with van der Waals surface area (Å²) in [5.74, 6) is -1.26. The predicted octanol–water partition coefficient (Wildman–Crippen LogP) is 5.76. The van der Waals surface area contributed by atoms with Gasteiger partial charge in [0.15, 0.2) is 16.8 Å². The average Bonchev–Trinajstić information content (AvgIpc) is 3.13. The normalized spacial score (nSPS) is 10.9. The Morgan fingerprint density at radius 1 is 1.06 bits per heavy atom. The van der Waals surface area contributed by atoms with Gasteiger partial charge in [0, 0.05) is 29.1 Å². The third-order valence-electron chi connectivity index (χ3n) is 4.38. The van der Waals surface area contributed by atoms with Gasteiger partial charge in [0.1, 0.15) is 22.6 Å². The number of Topliss-reactive ketones (excluding diaryl/α,β-unsaturated/α-hetero) is 1. The Bertz CT molecular complexity index is 1260. The quantitative estimate of drug-likeness (QED) is 0.202. The first-order valence-corrected chi connectivity index (χ1v) is 10.6. The Morgan fingerprint density at radius 3 is 2.44 bits per heavy atom. The molecule has 10 heteroatoms. The molecule has 0 spiro atoms. The van der Waals surface area contributed by atoms with Crippen molar-refractivity contribution in [2.75, 3.05) is 5.32 Å². The fourth-order valence-corrected chi connectivity index (χ4v) is 3.94. The third kappa shape index (κ3) is 5.30. The van der Waals surface area contributed by atoms with Crippen LogP contribution in [0.15, 0.2) is 64.6 Å². The van der Waals surface area contributed by atoms with E-state index in [-0.39, 0.29) is 11.6 Å². The molecule has 0 saturated carbocycles. The number of carbonyl (C=O) groups excluding carboxylic acids is 1. The zero-order valence-electron chi connectivity index (χ0n) is 16.7. The standard InChI is InChI=1S/C22H16ClF2N5OS/c1-12-9-20(30-29-12)27-19-11-18(23)26-22(28-19)32-14-7-5-13(6-8-14)10-17(31)21-15(24)3-2-4-16(21)25/h2-9,11H,10H2,1H3,(H2,26,27,28,29,30). The van der Waals surface area contributed by atoms with Crippen LogP contribution in [0.4, 0.5) is 20.4 Å². The van der Waals surface area contributed by atoms with Crippen LogP contribution >= 0.6 is 23.4 Å². The molecule has 0 amide bonds. The molecule has 162 valence electrons. The van der Waals surface area contributed by atoms with E-state index < -0.39 is 23.0 Å². The number of rotatable bonds is 7. The minimum Gasteiger partial charge on any atom is -0.323 e. The van der Waals surface area contributed by atoms with Gasteiger partial charge in [-0.1, -0.05) is 29.8 Å². The van der Waals surface area contributed by atoms with Crippen LogP contribution in [0.3, 0.4) is 0 Å². The molecule has 4 rings (SSSR count). The molecule has 0 bridgehead atoms. The molecule has 0 aliphatic rings. The lowest BCUT2D eigenvalue weighted by atomic mass is 10.0. The highest BCUT2D eigenvalue weighted by Gasteiger charge is 2.17. The number of halogens is 3. The third-order valence-corrected chi connectivity index (χ3v) is 5.44. The van der Waals surface area contributed by atoms with E-state index >= 15 is 0 Å². The number of H-pyrrole nitrogens is 1. The van der Waals surface area contributed by atoms with Crippen molar-refractivity contribution in [3.8, 4) is 0 Å². The van der Waals surface area contributed by atoms with E-state index in [9.17, 15) is 13.6 Å². The molecule has 2 aromatic carbocycles. The van der Waals surface area contributed by atoms with Gasteiger partial charge < -0.3 is 5.32 Å². The van der Waals surface area contributed by atoms with Gasteiger partial charge in [0.05, 0.1) is 5.56 Å². The number of aromatic nitrogens is 4. The Kier molecular flexibility index (Phi) is 6.48. The Balaban J connectivity index is 1.45. The van der Waals surface area contributed by atoms with E-state index in [4.69, 9.17) is 11.6 Å². The lowest BCUT2D eigenvalue weighted by Gasteiger charge is -2.07. The van der Waals surface area contributed by atoms with E-state index in [1.807, 2.05) is 13.0 Å². The average molecular weight is 472 g/mol. The van der Waals surface area contributed by atoms with Crippen molar-refractivity contribution in [2.45, 2.75) is 23.4 Å². The monoisotopic (exact) mass is 471 g/mol. The predicted molar refractivity (Wildman–Crippen MR) is 119 cm³/mol. The van der Waals surface area contributed by atoms with Crippen LogP contribution in [-0.2, 0) is 6.42 Å². The van der Waals surface area contributed by atoms with Crippen LogP contribution in [0.5, 0.6) is 0 Å². The first-order valence-electron chi connectivity index (χ1n) is 9.45. The van der Waals surface area contributed by atoms with Crippen LogP contribution in [-0.4, -0.2) is 25.9 Å². The molecule has 2 N–H and O–H groups in total. The second-order valence-corrected chi connectivity index (χ2v) is 8.29. The van der Waals surface area contributed by atoms with E-state index in [2.05, 4.69) is 25.5 Å². The zero-order valence-corrected chi connectivity index (χ0v) is 18.3. The number of ketones is 1. The number of nitrogens with zero attached hydrogens (tertiary/aromatic N) is 3. The topological polar surface area (TPSA) is 83.6 Å². The number of nitrogens with one attached hydrogen (secondary N) is 2. The van der Waals surface area contributed by atoms with Gasteiger partial charge >= 0.3 is 0 Å². The summed E-state index contributed by atoms with van der Waals surface area (Å²) in [6.45, 7) is 1.89. The largest absolute Gasteiger partial charge is 0.323 e. The minimum atomic E-state index is -0.866. The molecule has 0 radical (unpaired) electrons. The maximum Gasteiger partial charge on any atom is 0.195 e. The Labute approximate surface area is 191 Å². The van der Waals surface area contributed by atoms with Crippen molar-refractivity contribution in [3.63, 3.8) is 0 Å². The van der Waals surface area contributed by atoms with E-state index in [0.717, 1.165) is 22.7 Å². The first-order chi connectivity index (χ1) is 15.4. The second kappa shape index (κ2) is 9.46. The van der Waals surface area contributed by atoms with Crippen molar-refractivity contribution < 1.29 is 13.6 Å². The Hall–Kier alpha value is -3.30. The van der Waals surface area contributed by atoms with Crippen molar-refractivity contribution in [2.24, 2.45) is 0 Å². The molecule has 0 saturated heterocycles. The molecule has 32 heavy (non-hydrogen) atoms. The smallest absolute Gasteiger partial charge is 0.195 e. The highest BCUT2D eigenvalue weighted by molar-refractivity contribution is 7.99. The molecule has 0 atom stereocenters. The zero-order chi connectivity index (χ0) is 22.7. The van der Waals surface area contributed by atoms with Crippen molar-refractivity contribution in [1.29, 1.82) is 0 Å². The molecular formula is C22H16ClF2N5OS. The number of aryl methyl sites for hydroxylation is 1. The lowest BCUT2D eigenvalue weighted by molar-refractivity contribution is 0.0985. The maximum absolute atomic E-state index is 13.8. The van der Waals surface area contributed by atoms with E-state index in [1.54, 1.807) is 30.3 Å². The lowest BCUT2D eigenvalue weighted by Crippen LogP contribution is -2.09. The van der Waals surface area contributed by atoms with Crippen LogP contribution in [0.25, 0.3) is 0 Å². The summed E-state index contributed by atoms with van der Waals surface area (Å²) < 4.78 is 27.6. The van der Waals surface area contributed by atoms with Crippen LogP contribution in [0.1, 0.15) is 21.6 Å². The first kappa shape index (κ1) is 21.9. The van der Waals surface area contributed by atoms with Gasteiger partial charge in [-0.2, -0.15) is 5.10 Å². The van der Waals surface area contributed by atoms with Gasteiger partial charge in [0.25, 0.3) is 0 Å². The summed E-state index contributed by atoms with van der Waals surface area (Å²) in [4.78, 5) is 21.8. The van der Waals surface area contributed by atoms with E-state index in [0.29, 0.717) is 22.4 Å². The Morgan fingerprint density at radius 2 is 1.78 bits per heavy atom. The van der Waals surface area contributed by atoms with Gasteiger partial charge in [-0.15, -0.1) is 0 Å². The summed E-state index contributed by atoms with van der Waals surface area (Å²) in [5.41, 5.74) is 1.01. The summed E-state index contributed by atoms with van der Waals surface area (Å²) in [5, 5.41) is 10.7. The van der Waals surface area contributed by atoms with Gasteiger partial charge in [-0.05, 0) is 48.5 Å². The SMILES string of the molecule is Cc1cc(Nc2cc(Cl)nc(Sc3ccc(CC(=O)c4c(F)cccc4F)cc3)n2)n[nH]1. The fraction of sp³-hybridized carbons (Fsp3) is 0.0909. The number of carbonyl (C=O) groups is 1. The summed E-state index contributed by atoms with van der Waals surface area (Å²) in [6.07, 6.45) is -0.117. The number of hydrogen-bond donors (Lipinski definition) is 2. The molecule has 2 aromatic heterocycles. The number of anilines is 2. The molecule has 6 nitrogen and oxygen atoms in total. The second-order valence-electron chi connectivity index (χ2n) is 6.86. The van der Waals surface area contributed by atoms with Crippen molar-refractivity contribution in [3.05, 3.63) is 88.2 Å². The molecule has 2 heterocycles. The minimum absolute atomic E-state index is 0.117. The van der Waals surface area contributed by atoms with Crippen molar-refractivity contribution in [1.82, 2.24) is 20.2 Å². The molecule has 0 fully saturated rings. The van der Waals surface area contributed by atoms with Crippen LogP contribution < -0.4 is 5.32 Å². The highest BCUT2D eigenvalue weighted by atomic mass is 35.5. The molecule has 0 aliphatic carbocycles. The summed E-state index contributed by atoms with van der Waals surface area (Å²) in [6, 6.07) is 13.8. The van der Waals surface area contributed by atoms with E-state index in [1.165, 1.54) is 17.8 Å². The highest BCUT2D eigenvalue weighted by Crippen LogP contribution is 2.28. The number of hydrogen-bond acceptors (Lipinski definition) is 6. The van der Waals surface area contributed by atoms with Crippen LogP contribution in [0, 0.1) is 18.6 Å². The van der Waals surface area contributed by atoms with Gasteiger partial charge in [0.2, 0.25) is 0 Å².